The highest BCUT2D eigenvalue weighted by Gasteiger charge is 2.74. The minimum absolute atomic E-state index is 0.219. The molecule has 1 aliphatic carbocycles. The third-order valence-electron chi connectivity index (χ3n) is 7.44. The molecule has 2 amide bonds. The van der Waals surface area contributed by atoms with Crippen molar-refractivity contribution in [3.63, 3.8) is 0 Å². The van der Waals surface area contributed by atoms with E-state index in [2.05, 4.69) is 15.9 Å². The Morgan fingerprint density at radius 3 is 2.11 bits per heavy atom. The Morgan fingerprint density at radius 1 is 0.800 bits per heavy atom. The summed E-state index contributed by atoms with van der Waals surface area (Å²) in [6.07, 6.45) is -0.937. The summed E-state index contributed by atoms with van der Waals surface area (Å²) in [6, 6.07) is 19.0. The van der Waals surface area contributed by atoms with E-state index in [9.17, 15) is 19.2 Å². The summed E-state index contributed by atoms with van der Waals surface area (Å²) in [7, 11) is 0. The van der Waals surface area contributed by atoms with Gasteiger partial charge in [-0.05, 0) is 54.8 Å². The number of rotatable bonds is 2. The van der Waals surface area contributed by atoms with Crippen molar-refractivity contribution in [2.75, 3.05) is 4.90 Å². The van der Waals surface area contributed by atoms with Gasteiger partial charge in [-0.25, -0.2) is 4.90 Å². The maximum atomic E-state index is 14.0. The number of nitrogens with zero attached hydrogens (tertiary/aromatic N) is 1. The highest BCUT2D eigenvalue weighted by Crippen LogP contribution is 2.57. The summed E-state index contributed by atoms with van der Waals surface area (Å²) in [6.45, 7) is 3.85. The van der Waals surface area contributed by atoms with Crippen molar-refractivity contribution in [1.82, 2.24) is 0 Å². The number of anilines is 1. The molecule has 35 heavy (non-hydrogen) atoms. The Labute approximate surface area is 210 Å². The first-order chi connectivity index (χ1) is 16.8. The number of aryl methyl sites for hydroxylation is 2. The summed E-state index contributed by atoms with van der Waals surface area (Å²) in [5.74, 6) is -4.45. The zero-order valence-electron chi connectivity index (χ0n) is 18.9. The van der Waals surface area contributed by atoms with Crippen LogP contribution in [-0.4, -0.2) is 29.0 Å². The van der Waals surface area contributed by atoms with Crippen molar-refractivity contribution in [2.24, 2.45) is 11.8 Å². The van der Waals surface area contributed by atoms with Crippen molar-refractivity contribution < 1.29 is 23.9 Å². The molecule has 0 N–H and O–H groups in total. The molecule has 0 unspecified atom stereocenters. The number of carbonyl (C=O) groups is 4. The fraction of sp³-hybridized carbons (Fsp3) is 0.214. The second-order valence-corrected chi connectivity index (χ2v) is 10.2. The minimum Gasteiger partial charge on any atom is -0.349 e. The van der Waals surface area contributed by atoms with Gasteiger partial charge >= 0.3 is 0 Å². The van der Waals surface area contributed by atoms with E-state index in [1.807, 2.05) is 26.0 Å². The van der Waals surface area contributed by atoms with Crippen LogP contribution in [-0.2, 0) is 14.3 Å². The number of benzene rings is 3. The van der Waals surface area contributed by atoms with Crippen molar-refractivity contribution in [3.8, 4) is 0 Å². The highest BCUT2D eigenvalue weighted by atomic mass is 79.9. The maximum Gasteiger partial charge on any atom is 0.241 e. The molecule has 6 nitrogen and oxygen atoms in total. The molecule has 2 fully saturated rings. The van der Waals surface area contributed by atoms with Gasteiger partial charge in [-0.1, -0.05) is 58.4 Å². The standard InChI is InChI=1S/C28H20BrNO5/c1-14-10-11-18(12-15(14)2)30-26(33)21-22(27(30)34)28(35-23(21)16-6-5-7-17(29)13-16)24(31)19-8-3-4-9-20(19)25(28)32/h3-13,21-23H,1-2H3/t21-,22+,23+/m1/s1. The first-order valence-corrected chi connectivity index (χ1v) is 12.1. The lowest BCUT2D eigenvalue weighted by molar-refractivity contribution is -0.127. The number of halogens is 1. The molecule has 2 aliphatic heterocycles. The Bertz CT molecular complexity index is 1440. The van der Waals surface area contributed by atoms with Gasteiger partial charge in [0.15, 0.2) is 0 Å². The minimum atomic E-state index is -2.07. The lowest BCUT2D eigenvalue weighted by atomic mass is 9.77. The summed E-state index contributed by atoms with van der Waals surface area (Å²) in [4.78, 5) is 56.5. The molecule has 1 spiro atoms. The van der Waals surface area contributed by atoms with Crippen LogP contribution in [0.25, 0.3) is 0 Å². The first kappa shape index (κ1) is 22.1. The first-order valence-electron chi connectivity index (χ1n) is 11.3. The van der Waals surface area contributed by atoms with E-state index in [1.54, 1.807) is 54.6 Å². The Hall–Kier alpha value is -3.42. The number of amides is 2. The van der Waals surface area contributed by atoms with Crippen LogP contribution >= 0.6 is 15.9 Å². The van der Waals surface area contributed by atoms with E-state index in [1.165, 1.54) is 0 Å². The number of ether oxygens (including phenoxy) is 1. The van der Waals surface area contributed by atoms with E-state index in [0.29, 0.717) is 11.3 Å². The van der Waals surface area contributed by atoms with Gasteiger partial charge in [0.05, 0.1) is 23.6 Å². The van der Waals surface area contributed by atoms with Gasteiger partial charge in [0, 0.05) is 15.6 Å². The van der Waals surface area contributed by atoms with Gasteiger partial charge < -0.3 is 4.74 Å². The van der Waals surface area contributed by atoms with Crippen LogP contribution in [0.1, 0.15) is 43.5 Å². The zero-order valence-corrected chi connectivity index (χ0v) is 20.5. The summed E-state index contributed by atoms with van der Waals surface area (Å²) < 4.78 is 7.06. The molecule has 0 radical (unpaired) electrons. The van der Waals surface area contributed by atoms with Gasteiger partial charge in [-0.15, -0.1) is 0 Å². The van der Waals surface area contributed by atoms with Crippen LogP contribution < -0.4 is 4.90 Å². The largest absolute Gasteiger partial charge is 0.349 e. The van der Waals surface area contributed by atoms with Gasteiger partial charge in [-0.3, -0.25) is 19.2 Å². The van der Waals surface area contributed by atoms with Crippen LogP contribution in [0.5, 0.6) is 0 Å². The fourth-order valence-corrected chi connectivity index (χ4v) is 6.04. The number of Topliss-reactive ketones (excluding diaryl/α,β-unsaturated/α-hetero) is 2. The topological polar surface area (TPSA) is 80.8 Å². The van der Waals surface area contributed by atoms with Gasteiger partial charge in [0.25, 0.3) is 0 Å². The second-order valence-electron chi connectivity index (χ2n) is 9.32. The molecule has 3 atom stereocenters. The molecule has 2 saturated heterocycles. The molecule has 0 bridgehead atoms. The maximum absolute atomic E-state index is 14.0. The van der Waals surface area contributed by atoms with Gasteiger partial charge in [0.1, 0.15) is 0 Å². The smallest absolute Gasteiger partial charge is 0.241 e. The third-order valence-corrected chi connectivity index (χ3v) is 7.94. The summed E-state index contributed by atoms with van der Waals surface area (Å²) in [5.41, 5.74) is 1.36. The van der Waals surface area contributed by atoms with E-state index >= 15 is 0 Å². The highest BCUT2D eigenvalue weighted by molar-refractivity contribution is 9.10. The quantitative estimate of drug-likeness (QED) is 0.353. The van der Waals surface area contributed by atoms with E-state index in [0.717, 1.165) is 20.5 Å². The van der Waals surface area contributed by atoms with Gasteiger partial charge in [-0.2, -0.15) is 0 Å². The lowest BCUT2D eigenvalue weighted by Gasteiger charge is -2.27. The lowest BCUT2D eigenvalue weighted by Crippen LogP contribution is -2.51. The molecule has 7 heteroatoms. The molecule has 174 valence electrons. The van der Waals surface area contributed by atoms with Crippen molar-refractivity contribution in [2.45, 2.75) is 25.6 Å². The monoisotopic (exact) mass is 529 g/mol. The van der Waals surface area contributed by atoms with Gasteiger partial charge in [0.2, 0.25) is 29.0 Å². The Morgan fingerprint density at radius 2 is 1.49 bits per heavy atom. The molecule has 3 aromatic rings. The molecular formula is C28H20BrNO5. The molecule has 0 saturated carbocycles. The van der Waals surface area contributed by atoms with Crippen LogP contribution in [0.4, 0.5) is 5.69 Å². The molecule has 2 heterocycles. The zero-order chi connectivity index (χ0) is 24.6. The van der Waals surface area contributed by atoms with E-state index in [4.69, 9.17) is 4.74 Å². The molecule has 3 aromatic carbocycles. The van der Waals surface area contributed by atoms with Crippen molar-refractivity contribution in [3.05, 3.63) is 99.0 Å². The van der Waals surface area contributed by atoms with Crippen molar-refractivity contribution >= 4 is 45.0 Å². The number of hydrogen-bond acceptors (Lipinski definition) is 5. The number of fused-ring (bicyclic) bond motifs is 3. The summed E-state index contributed by atoms with van der Waals surface area (Å²) >= 11 is 3.44. The Balaban J connectivity index is 1.55. The third kappa shape index (κ3) is 2.85. The van der Waals surface area contributed by atoms with Crippen LogP contribution in [0.2, 0.25) is 0 Å². The Kier molecular flexibility index (Phi) is 4.75. The second kappa shape index (κ2) is 7.54. The normalized spacial score (nSPS) is 24.4. The molecule has 0 aromatic heterocycles. The number of carbonyl (C=O) groups excluding carboxylic acids is 4. The molecule has 3 aliphatic rings. The molecular weight excluding hydrogens is 510 g/mol. The van der Waals surface area contributed by atoms with E-state index in [-0.39, 0.29) is 11.1 Å². The van der Waals surface area contributed by atoms with Crippen molar-refractivity contribution in [1.29, 1.82) is 0 Å². The predicted molar refractivity (Wildman–Crippen MR) is 131 cm³/mol. The molecule has 6 rings (SSSR count). The fourth-order valence-electron chi connectivity index (χ4n) is 5.62. The van der Waals surface area contributed by atoms with Crippen LogP contribution in [0.15, 0.2) is 71.2 Å². The average molecular weight is 530 g/mol. The predicted octanol–water partition coefficient (Wildman–Crippen LogP) is 4.76. The van der Waals surface area contributed by atoms with Crippen LogP contribution in [0, 0.1) is 25.7 Å². The summed E-state index contributed by atoms with van der Waals surface area (Å²) in [5, 5.41) is 0. The number of imide groups is 1. The average Bonchev–Trinajstić information content (AvgIpc) is 3.41. The SMILES string of the molecule is Cc1ccc(N2C(=O)[C@@H]3[C@@H](C2=O)C2(O[C@H]3c3cccc(Br)c3)C(=O)c3ccccc3C2=O)cc1C. The number of hydrogen-bond donors (Lipinski definition) is 0. The van der Waals surface area contributed by atoms with Crippen LogP contribution in [0.3, 0.4) is 0 Å². The number of ketones is 2. The van der Waals surface area contributed by atoms with E-state index < -0.39 is 46.9 Å².